The van der Waals surface area contributed by atoms with E-state index in [4.69, 9.17) is 27.9 Å². The lowest BCUT2D eigenvalue weighted by atomic mass is 10.2. The Labute approximate surface area is 139 Å². The van der Waals surface area contributed by atoms with Crippen LogP contribution in [0.4, 0.5) is 0 Å². The molecule has 0 saturated carbocycles. The van der Waals surface area contributed by atoms with E-state index in [1.807, 2.05) is 24.3 Å². The Kier molecular flexibility index (Phi) is 6.71. The van der Waals surface area contributed by atoms with Crippen molar-refractivity contribution in [1.82, 2.24) is 0 Å². The van der Waals surface area contributed by atoms with Gasteiger partial charge in [-0.15, -0.1) is 0 Å². The molecule has 0 radical (unpaired) electrons. The molecule has 0 aliphatic rings. The number of ether oxygens (including phenoxy) is 1. The number of halogens is 2. The summed E-state index contributed by atoms with van der Waals surface area (Å²) in [5, 5.41) is 11.3. The molecule has 0 fully saturated rings. The Morgan fingerprint density at radius 3 is 2.14 bits per heavy atom. The van der Waals surface area contributed by atoms with Gasteiger partial charge in [0.25, 0.3) is 0 Å². The number of hydrogen-bond acceptors (Lipinski definition) is 3. The number of aliphatic hydroxyl groups excluding tert-OH is 1. The van der Waals surface area contributed by atoms with Gasteiger partial charge in [-0.05, 0) is 42.0 Å². The first-order valence-corrected chi connectivity index (χ1v) is 8.43. The molecule has 1 N–H and O–H groups in total. The third kappa shape index (κ3) is 6.18. The van der Waals surface area contributed by atoms with Crippen LogP contribution in [0.5, 0.6) is 5.75 Å². The molecular formula is C16H16Cl2O2S. The summed E-state index contributed by atoms with van der Waals surface area (Å²) in [4.78, 5) is 0. The fraction of sp³-hybridized carbons (Fsp3) is 0.250. The minimum absolute atomic E-state index is 0.273. The van der Waals surface area contributed by atoms with Gasteiger partial charge in [0.2, 0.25) is 0 Å². The molecule has 112 valence electrons. The fourth-order valence-corrected chi connectivity index (χ4v) is 2.83. The molecule has 2 aromatic rings. The van der Waals surface area contributed by atoms with E-state index in [1.54, 1.807) is 36.0 Å². The minimum Gasteiger partial charge on any atom is -0.491 e. The Balaban J connectivity index is 1.66. The van der Waals surface area contributed by atoms with E-state index >= 15 is 0 Å². The molecule has 0 aliphatic carbocycles. The molecular weight excluding hydrogens is 327 g/mol. The molecule has 1 unspecified atom stereocenters. The Hall–Kier alpha value is -0.870. The molecule has 0 bridgehead atoms. The van der Waals surface area contributed by atoms with Gasteiger partial charge in [0.15, 0.2) is 0 Å². The topological polar surface area (TPSA) is 29.5 Å². The monoisotopic (exact) mass is 342 g/mol. The Morgan fingerprint density at radius 1 is 0.952 bits per heavy atom. The van der Waals surface area contributed by atoms with Crippen molar-refractivity contribution < 1.29 is 9.84 Å². The van der Waals surface area contributed by atoms with E-state index in [1.165, 1.54) is 5.56 Å². The normalized spacial score (nSPS) is 12.1. The second-order valence-electron chi connectivity index (χ2n) is 4.56. The van der Waals surface area contributed by atoms with Crippen LogP contribution in [-0.2, 0) is 5.75 Å². The third-order valence-corrected chi connectivity index (χ3v) is 4.41. The van der Waals surface area contributed by atoms with Crippen molar-refractivity contribution in [2.45, 2.75) is 11.9 Å². The Bertz CT molecular complexity index is 543. The van der Waals surface area contributed by atoms with Crippen molar-refractivity contribution in [3.05, 3.63) is 64.1 Å². The predicted molar refractivity (Wildman–Crippen MR) is 90.6 cm³/mol. The number of aliphatic hydroxyl groups is 1. The average molecular weight is 343 g/mol. The molecule has 0 aromatic heterocycles. The molecule has 0 heterocycles. The van der Waals surface area contributed by atoms with Crippen molar-refractivity contribution in [2.24, 2.45) is 0 Å². The van der Waals surface area contributed by atoms with Gasteiger partial charge < -0.3 is 9.84 Å². The smallest absolute Gasteiger partial charge is 0.119 e. The van der Waals surface area contributed by atoms with E-state index in [-0.39, 0.29) is 6.61 Å². The van der Waals surface area contributed by atoms with Crippen LogP contribution in [0.1, 0.15) is 5.56 Å². The van der Waals surface area contributed by atoms with Crippen molar-refractivity contribution >= 4 is 35.0 Å². The van der Waals surface area contributed by atoms with E-state index in [2.05, 4.69) is 0 Å². The highest BCUT2D eigenvalue weighted by atomic mass is 35.5. The molecule has 0 spiro atoms. The summed E-state index contributed by atoms with van der Waals surface area (Å²) in [6, 6.07) is 14.8. The molecule has 0 saturated heterocycles. The maximum atomic E-state index is 9.89. The standard InChI is InChI=1S/C16H16Cl2O2S/c17-13-3-1-12(2-4-13)10-21-11-15(19)9-20-16-7-5-14(18)6-8-16/h1-8,15,19H,9-11H2. The number of thioether (sulfide) groups is 1. The quantitative estimate of drug-likeness (QED) is 0.792. The highest BCUT2D eigenvalue weighted by Crippen LogP contribution is 2.18. The molecule has 21 heavy (non-hydrogen) atoms. The van der Waals surface area contributed by atoms with Crippen LogP contribution in [0.3, 0.4) is 0 Å². The van der Waals surface area contributed by atoms with Gasteiger partial charge in [-0.25, -0.2) is 0 Å². The van der Waals surface area contributed by atoms with Crippen LogP contribution in [0.2, 0.25) is 10.0 Å². The summed E-state index contributed by atoms with van der Waals surface area (Å²) < 4.78 is 5.50. The summed E-state index contributed by atoms with van der Waals surface area (Å²) in [5.41, 5.74) is 1.19. The van der Waals surface area contributed by atoms with E-state index in [0.29, 0.717) is 16.5 Å². The summed E-state index contributed by atoms with van der Waals surface area (Å²) in [6.45, 7) is 0.273. The number of hydrogen-bond donors (Lipinski definition) is 1. The summed E-state index contributed by atoms with van der Waals surface area (Å²) in [7, 11) is 0. The lowest BCUT2D eigenvalue weighted by molar-refractivity contribution is 0.126. The van der Waals surface area contributed by atoms with Crippen molar-refractivity contribution in [3.63, 3.8) is 0 Å². The van der Waals surface area contributed by atoms with Crippen molar-refractivity contribution in [1.29, 1.82) is 0 Å². The highest BCUT2D eigenvalue weighted by molar-refractivity contribution is 7.98. The number of benzene rings is 2. The first-order valence-electron chi connectivity index (χ1n) is 6.52. The van der Waals surface area contributed by atoms with Gasteiger partial charge in [0, 0.05) is 21.6 Å². The van der Waals surface area contributed by atoms with E-state index < -0.39 is 6.10 Å². The lowest BCUT2D eigenvalue weighted by Crippen LogP contribution is -2.20. The molecule has 1 atom stereocenters. The summed E-state index contributed by atoms with van der Waals surface area (Å²) in [6.07, 6.45) is -0.502. The van der Waals surface area contributed by atoms with Crippen LogP contribution in [-0.4, -0.2) is 23.6 Å². The van der Waals surface area contributed by atoms with Crippen LogP contribution in [0.25, 0.3) is 0 Å². The van der Waals surface area contributed by atoms with Gasteiger partial charge in [0.05, 0.1) is 6.10 Å². The average Bonchev–Trinajstić information content (AvgIpc) is 2.49. The second kappa shape index (κ2) is 8.54. The van der Waals surface area contributed by atoms with E-state index in [9.17, 15) is 5.11 Å². The van der Waals surface area contributed by atoms with Crippen LogP contribution in [0, 0.1) is 0 Å². The van der Waals surface area contributed by atoms with Crippen LogP contribution >= 0.6 is 35.0 Å². The zero-order chi connectivity index (χ0) is 15.1. The van der Waals surface area contributed by atoms with Crippen LogP contribution < -0.4 is 4.74 Å². The summed E-state index contributed by atoms with van der Waals surface area (Å²) >= 11 is 13.3. The van der Waals surface area contributed by atoms with E-state index in [0.717, 1.165) is 10.8 Å². The maximum Gasteiger partial charge on any atom is 0.119 e. The molecule has 2 aromatic carbocycles. The predicted octanol–water partition coefficient (Wildman–Crippen LogP) is 4.67. The first kappa shape index (κ1) is 16.5. The molecule has 0 amide bonds. The zero-order valence-corrected chi connectivity index (χ0v) is 13.7. The minimum atomic E-state index is -0.502. The van der Waals surface area contributed by atoms with Gasteiger partial charge in [0.1, 0.15) is 12.4 Å². The zero-order valence-electron chi connectivity index (χ0n) is 11.3. The third-order valence-electron chi connectivity index (χ3n) is 2.75. The van der Waals surface area contributed by atoms with Crippen LogP contribution in [0.15, 0.2) is 48.5 Å². The molecule has 2 nitrogen and oxygen atoms in total. The summed E-state index contributed by atoms with van der Waals surface area (Å²) in [5.74, 6) is 2.17. The fourth-order valence-electron chi connectivity index (χ4n) is 1.66. The second-order valence-corrected chi connectivity index (χ2v) is 6.46. The number of rotatable bonds is 7. The van der Waals surface area contributed by atoms with Gasteiger partial charge >= 0.3 is 0 Å². The molecule has 5 heteroatoms. The largest absolute Gasteiger partial charge is 0.491 e. The Morgan fingerprint density at radius 2 is 1.52 bits per heavy atom. The molecule has 0 aliphatic heterocycles. The SMILES string of the molecule is OC(COc1ccc(Cl)cc1)CSCc1ccc(Cl)cc1. The lowest BCUT2D eigenvalue weighted by Gasteiger charge is -2.12. The van der Waals surface area contributed by atoms with Gasteiger partial charge in [-0.1, -0.05) is 35.3 Å². The highest BCUT2D eigenvalue weighted by Gasteiger charge is 2.06. The van der Waals surface area contributed by atoms with Crippen molar-refractivity contribution in [3.8, 4) is 5.75 Å². The van der Waals surface area contributed by atoms with Gasteiger partial charge in [-0.3, -0.25) is 0 Å². The molecule has 2 rings (SSSR count). The van der Waals surface area contributed by atoms with Gasteiger partial charge in [-0.2, -0.15) is 11.8 Å². The first-order chi connectivity index (χ1) is 10.1. The maximum absolute atomic E-state index is 9.89. The van der Waals surface area contributed by atoms with Crippen molar-refractivity contribution in [2.75, 3.05) is 12.4 Å².